The topological polar surface area (TPSA) is 463 Å². The molecule has 0 aromatic carbocycles. The number of carboxylic acid groups (broad SMARTS) is 1. The van der Waals surface area contributed by atoms with Gasteiger partial charge in [-0.2, -0.15) is 0 Å². The van der Waals surface area contributed by atoms with Crippen LogP contribution >= 0.6 is 0 Å². The number of rotatable bonds is 21. The molecule has 61 heavy (non-hydrogen) atoms. The van der Waals surface area contributed by atoms with Gasteiger partial charge in [0.15, 0.2) is 12.6 Å². The normalized spacial score (nSPS) is 37.3. The highest BCUT2D eigenvalue weighted by molar-refractivity contribution is 5.78. The van der Waals surface area contributed by atoms with Crippen molar-refractivity contribution in [2.75, 3.05) is 39.6 Å². The summed E-state index contributed by atoms with van der Waals surface area (Å²) in [7, 11) is 0. The lowest BCUT2D eigenvalue weighted by Gasteiger charge is -2.51. The summed E-state index contributed by atoms with van der Waals surface area (Å²) < 4.78 is 34.0. The van der Waals surface area contributed by atoms with Crippen LogP contribution in [0.1, 0.15) is 20.3 Å². The van der Waals surface area contributed by atoms with E-state index in [1.165, 1.54) is 0 Å². The number of carbonyl (C=O) groups excluding carboxylic acids is 3. The third-order valence-corrected chi connectivity index (χ3v) is 10.1. The number of ether oxygens (including phenoxy) is 6. The van der Waals surface area contributed by atoms with Crippen LogP contribution in [0.2, 0.25) is 0 Å². The lowest BCUT2D eigenvalue weighted by atomic mass is 9.88. The number of aliphatic hydroxyl groups excluding tert-OH is 14. The van der Waals surface area contributed by atoms with Gasteiger partial charge in [-0.3, -0.25) is 14.4 Å². The van der Waals surface area contributed by atoms with E-state index >= 15 is 0 Å². The highest BCUT2D eigenvalue weighted by Crippen LogP contribution is 2.38. The fraction of sp³-hybridized carbons (Fsp3) is 0.879. The summed E-state index contributed by atoms with van der Waals surface area (Å²) in [6, 6.07) is -5.08. The number of carboxylic acids is 1. The maximum Gasteiger partial charge on any atom is 0.364 e. The van der Waals surface area contributed by atoms with Crippen LogP contribution in [-0.4, -0.2) is 262 Å². The van der Waals surface area contributed by atoms with Crippen molar-refractivity contribution in [3.8, 4) is 0 Å². The molecule has 28 nitrogen and oxygen atoms in total. The molecular weight excluding hydrogens is 838 g/mol. The minimum absolute atomic E-state index is 0.753. The van der Waals surface area contributed by atoms with E-state index in [1.807, 2.05) is 0 Å². The van der Waals surface area contributed by atoms with Crippen LogP contribution < -0.4 is 16.0 Å². The summed E-state index contributed by atoms with van der Waals surface area (Å²) in [5.74, 6) is -8.05. The molecule has 0 radical (unpaired) electrons. The fourth-order valence-corrected chi connectivity index (χ4v) is 7.05. The number of aliphatic carboxylic acids is 1. The molecular formula is C33H57N3O25. The van der Waals surface area contributed by atoms with Gasteiger partial charge in [-0.25, -0.2) is 4.79 Å². The Morgan fingerprint density at radius 3 is 1.85 bits per heavy atom. The van der Waals surface area contributed by atoms with Crippen LogP contribution in [0.4, 0.5) is 0 Å². The molecule has 0 saturated carbocycles. The molecule has 0 aromatic rings. The molecule has 3 aliphatic rings. The molecule has 0 aromatic heterocycles. The Labute approximate surface area is 345 Å². The molecule has 0 unspecified atom stereocenters. The molecule has 20 atom stereocenters. The highest BCUT2D eigenvalue weighted by atomic mass is 16.8. The first kappa shape index (κ1) is 52.4. The van der Waals surface area contributed by atoms with Crippen molar-refractivity contribution in [3.05, 3.63) is 0 Å². The van der Waals surface area contributed by atoms with Crippen molar-refractivity contribution in [1.29, 1.82) is 0 Å². The SMILES string of the molecule is CC(=O)N[C@H]1[C@H](O[C@@H]([C@@H](O)[C@H](O)CO)[C@H](CO)NC(C)=O)O[C@H](CO)[C@@H](O[C@@H]2O[C@H](CO)[C@H](O)[C@H](O[C@]3(C(=O)O)C[C@H](O)[C@@H](NC(=O)CO)[C@H]([C@H](O)[C@H](O)CO)O3)[C@H]2O)[C@@H]1O. The summed E-state index contributed by atoms with van der Waals surface area (Å²) in [6.45, 7) is -4.44. The molecule has 3 heterocycles. The van der Waals surface area contributed by atoms with Crippen molar-refractivity contribution in [1.82, 2.24) is 16.0 Å². The van der Waals surface area contributed by atoms with E-state index in [9.17, 15) is 95.8 Å². The van der Waals surface area contributed by atoms with Gasteiger partial charge in [-0.1, -0.05) is 0 Å². The van der Waals surface area contributed by atoms with Crippen LogP contribution in [0.5, 0.6) is 0 Å². The summed E-state index contributed by atoms with van der Waals surface area (Å²) in [4.78, 5) is 49.1. The molecule has 3 amide bonds. The second-order valence-corrected chi connectivity index (χ2v) is 14.6. The number of nitrogens with one attached hydrogen (secondary N) is 3. The van der Waals surface area contributed by atoms with Gasteiger partial charge in [0.1, 0.15) is 92.0 Å². The molecule has 3 saturated heterocycles. The lowest BCUT2D eigenvalue weighted by Crippen LogP contribution is -2.71. The molecule has 3 rings (SSSR count). The Morgan fingerprint density at radius 1 is 0.738 bits per heavy atom. The van der Waals surface area contributed by atoms with Crippen molar-refractivity contribution < 1.29 is 124 Å². The smallest absolute Gasteiger partial charge is 0.364 e. The number of amides is 3. The Hall–Kier alpha value is -2.92. The Morgan fingerprint density at radius 2 is 1.34 bits per heavy atom. The maximum atomic E-state index is 12.9. The van der Waals surface area contributed by atoms with Crippen LogP contribution in [-0.2, 0) is 47.6 Å². The maximum absolute atomic E-state index is 12.9. The first-order valence-electron chi connectivity index (χ1n) is 18.8. The third kappa shape index (κ3) is 12.4. The molecule has 354 valence electrons. The number of carbonyl (C=O) groups is 4. The van der Waals surface area contributed by atoms with Gasteiger partial charge >= 0.3 is 5.97 Å². The first-order valence-corrected chi connectivity index (χ1v) is 18.8. The number of aliphatic hydroxyl groups is 14. The van der Waals surface area contributed by atoms with E-state index in [1.54, 1.807) is 0 Å². The number of hydrogen-bond donors (Lipinski definition) is 18. The molecule has 28 heteroatoms. The van der Waals surface area contributed by atoms with Crippen molar-refractivity contribution >= 4 is 23.7 Å². The fourth-order valence-electron chi connectivity index (χ4n) is 7.05. The second-order valence-electron chi connectivity index (χ2n) is 14.6. The van der Waals surface area contributed by atoms with Crippen LogP contribution in [0.15, 0.2) is 0 Å². The minimum atomic E-state index is -3.20. The van der Waals surface area contributed by atoms with Gasteiger partial charge in [0.2, 0.25) is 17.7 Å². The van der Waals surface area contributed by atoms with Crippen molar-refractivity contribution in [2.45, 2.75) is 142 Å². The predicted molar refractivity (Wildman–Crippen MR) is 190 cm³/mol. The molecule has 3 aliphatic heterocycles. The number of hydrogen-bond acceptors (Lipinski definition) is 24. The zero-order valence-corrected chi connectivity index (χ0v) is 32.7. The summed E-state index contributed by atoms with van der Waals surface area (Å²) in [5.41, 5.74) is 0. The van der Waals surface area contributed by atoms with E-state index in [4.69, 9.17) is 28.4 Å². The quantitative estimate of drug-likeness (QED) is 0.0509. The van der Waals surface area contributed by atoms with Crippen LogP contribution in [0.25, 0.3) is 0 Å². The summed E-state index contributed by atoms with van der Waals surface area (Å²) in [5, 5.41) is 163. The van der Waals surface area contributed by atoms with E-state index in [0.29, 0.717) is 0 Å². The van der Waals surface area contributed by atoms with E-state index in [2.05, 4.69) is 16.0 Å². The molecule has 0 spiro atoms. The average Bonchev–Trinajstić information content (AvgIpc) is 3.22. The van der Waals surface area contributed by atoms with Gasteiger partial charge in [-0.15, -0.1) is 0 Å². The first-order chi connectivity index (χ1) is 28.6. The van der Waals surface area contributed by atoms with Gasteiger partial charge in [0.05, 0.1) is 51.2 Å². The largest absolute Gasteiger partial charge is 0.477 e. The monoisotopic (exact) mass is 895 g/mol. The second kappa shape index (κ2) is 23.1. The van der Waals surface area contributed by atoms with Crippen LogP contribution in [0.3, 0.4) is 0 Å². The van der Waals surface area contributed by atoms with Gasteiger partial charge < -0.3 is 121 Å². The average molecular weight is 896 g/mol. The molecule has 0 bridgehead atoms. The van der Waals surface area contributed by atoms with E-state index in [-0.39, 0.29) is 0 Å². The minimum Gasteiger partial charge on any atom is -0.477 e. The Bertz CT molecular complexity index is 1440. The Balaban J connectivity index is 2.01. The summed E-state index contributed by atoms with van der Waals surface area (Å²) in [6.07, 6.45) is -34.2. The molecule has 3 fully saturated rings. The third-order valence-electron chi connectivity index (χ3n) is 10.1. The zero-order valence-electron chi connectivity index (χ0n) is 32.7. The Kier molecular flexibility index (Phi) is 19.9. The van der Waals surface area contributed by atoms with Crippen molar-refractivity contribution in [3.63, 3.8) is 0 Å². The van der Waals surface area contributed by atoms with Gasteiger partial charge in [-0.05, 0) is 0 Å². The van der Waals surface area contributed by atoms with E-state index < -0.39 is 192 Å². The van der Waals surface area contributed by atoms with Gasteiger partial charge in [0, 0.05) is 20.3 Å². The summed E-state index contributed by atoms with van der Waals surface area (Å²) >= 11 is 0. The zero-order chi connectivity index (χ0) is 46.1. The van der Waals surface area contributed by atoms with E-state index in [0.717, 1.165) is 13.8 Å². The standard InChI is InChI=1S/C33H57N3O25/c1-10(43)34-12(4-37)26(21(49)14(46)5-38)58-30-20(35-11(2)44)24(52)27(17(8-41)57-30)59-31-25(53)29(23(51)16(7-40)56-31)61-33(32(54)55)3-13(45)19(36-18(48)9-42)28(60-33)22(50)15(47)6-39/h12-17,19-31,37-42,45-47,49-53H,3-9H2,1-2H3,(H,34,43)(H,35,44)(H,36,48)(H,54,55)/t12-,13-,14+,15+,16+,17+,19+,20+,21-,22+,23-,24+,25+,26+,27+,28+,29-,30-,31-,33-/m0/s1. The van der Waals surface area contributed by atoms with Gasteiger partial charge in [0.25, 0.3) is 5.79 Å². The lowest BCUT2D eigenvalue weighted by molar-refractivity contribution is -0.384. The highest BCUT2D eigenvalue weighted by Gasteiger charge is 2.60. The molecule has 0 aliphatic carbocycles. The van der Waals surface area contributed by atoms with Crippen molar-refractivity contribution in [2.24, 2.45) is 0 Å². The molecule has 18 N–H and O–H groups in total. The van der Waals surface area contributed by atoms with Crippen LogP contribution in [0, 0.1) is 0 Å². The predicted octanol–water partition coefficient (Wildman–Crippen LogP) is -11.5.